The van der Waals surface area contributed by atoms with Crippen LogP contribution in [0.15, 0.2) is 42.0 Å². The van der Waals surface area contributed by atoms with Crippen LogP contribution in [0.3, 0.4) is 0 Å². The smallest absolute Gasteiger partial charge is 0.276 e. The van der Waals surface area contributed by atoms with Crippen molar-refractivity contribution in [1.82, 2.24) is 9.97 Å². The molecule has 0 aromatic carbocycles. The van der Waals surface area contributed by atoms with Crippen molar-refractivity contribution in [2.45, 2.75) is 25.8 Å². The summed E-state index contributed by atoms with van der Waals surface area (Å²) in [5, 5.41) is 4.95. The zero-order valence-electron chi connectivity index (χ0n) is 16.3. The van der Waals surface area contributed by atoms with E-state index < -0.39 is 0 Å². The van der Waals surface area contributed by atoms with Crippen LogP contribution in [0.1, 0.15) is 28.9 Å². The van der Waals surface area contributed by atoms with Gasteiger partial charge in [0.1, 0.15) is 0 Å². The van der Waals surface area contributed by atoms with E-state index in [1.165, 1.54) is 0 Å². The van der Waals surface area contributed by atoms with Gasteiger partial charge in [-0.1, -0.05) is 0 Å². The number of aryl methyl sites for hydroxylation is 1. The molecule has 0 bridgehead atoms. The highest BCUT2D eigenvalue weighted by molar-refractivity contribution is 7.13. The minimum Gasteiger partial charge on any atom is -0.397 e. The molecule has 150 valence electrons. The third-order valence-electron chi connectivity index (χ3n) is 5.08. The standard InChI is InChI=1S/C21H24N6OS/c1-13-7-10-29-20(13)16-5-4-15(23)19(25-16)21(28)26-17-11-24-8-6-18(17)27-9-2-3-14(22)12-27/h4-8,10-11,14H,2-3,9,12,22-23H2,1H3,(H,26,28)/t14-/m0/s1. The van der Waals surface area contributed by atoms with Gasteiger partial charge in [-0.3, -0.25) is 9.78 Å². The van der Waals surface area contributed by atoms with Crippen LogP contribution in [0.5, 0.6) is 0 Å². The summed E-state index contributed by atoms with van der Waals surface area (Å²) in [6.45, 7) is 3.67. The van der Waals surface area contributed by atoms with Crippen LogP contribution in [0.2, 0.25) is 0 Å². The molecule has 0 spiro atoms. The second-order valence-corrected chi connectivity index (χ2v) is 8.18. The number of nitrogens with one attached hydrogen (secondary N) is 1. The number of nitrogens with zero attached hydrogens (tertiary/aromatic N) is 3. The number of aromatic nitrogens is 2. The number of hydrogen-bond donors (Lipinski definition) is 3. The number of pyridine rings is 2. The highest BCUT2D eigenvalue weighted by atomic mass is 32.1. The van der Waals surface area contributed by atoms with Crippen molar-refractivity contribution in [3.8, 4) is 10.6 Å². The van der Waals surface area contributed by atoms with E-state index in [9.17, 15) is 4.79 Å². The SMILES string of the molecule is Cc1ccsc1-c1ccc(N)c(C(=O)Nc2cnccc2N2CCC[C@H](N)C2)n1. The van der Waals surface area contributed by atoms with Crippen LogP contribution >= 0.6 is 11.3 Å². The van der Waals surface area contributed by atoms with Gasteiger partial charge in [-0.05, 0) is 55.0 Å². The van der Waals surface area contributed by atoms with Crippen LogP contribution in [-0.4, -0.2) is 35.0 Å². The Morgan fingerprint density at radius 1 is 1.31 bits per heavy atom. The third kappa shape index (κ3) is 4.08. The maximum atomic E-state index is 13.0. The summed E-state index contributed by atoms with van der Waals surface area (Å²) in [7, 11) is 0. The molecule has 7 nitrogen and oxygen atoms in total. The summed E-state index contributed by atoms with van der Waals surface area (Å²) in [5.74, 6) is -0.353. The Kier molecular flexibility index (Phi) is 5.46. The molecule has 1 amide bonds. The molecular formula is C21H24N6OS. The highest BCUT2D eigenvalue weighted by Gasteiger charge is 2.21. The van der Waals surface area contributed by atoms with E-state index in [1.54, 1.807) is 29.8 Å². The van der Waals surface area contributed by atoms with Gasteiger partial charge in [0, 0.05) is 25.3 Å². The molecular weight excluding hydrogens is 384 g/mol. The number of nitrogens with two attached hydrogens (primary N) is 2. The number of hydrogen-bond acceptors (Lipinski definition) is 7. The fourth-order valence-electron chi connectivity index (χ4n) is 3.58. The molecule has 1 atom stereocenters. The molecule has 4 heterocycles. The van der Waals surface area contributed by atoms with Crippen LogP contribution in [0.25, 0.3) is 10.6 Å². The van der Waals surface area contributed by atoms with Gasteiger partial charge in [0.05, 0.1) is 33.8 Å². The number of rotatable bonds is 4. The molecule has 4 rings (SSSR count). The van der Waals surface area contributed by atoms with Gasteiger partial charge in [0.25, 0.3) is 5.91 Å². The Labute approximate surface area is 173 Å². The molecule has 1 aliphatic heterocycles. The number of thiophene rings is 1. The van der Waals surface area contributed by atoms with Crippen molar-refractivity contribution in [3.05, 3.63) is 53.3 Å². The van der Waals surface area contributed by atoms with Gasteiger partial charge >= 0.3 is 0 Å². The first-order valence-corrected chi connectivity index (χ1v) is 10.5. The fourth-order valence-corrected chi connectivity index (χ4v) is 4.48. The monoisotopic (exact) mass is 408 g/mol. The number of carbonyl (C=O) groups excluding carboxylic acids is 1. The molecule has 8 heteroatoms. The van der Waals surface area contributed by atoms with Gasteiger partial charge in [-0.15, -0.1) is 11.3 Å². The summed E-state index contributed by atoms with van der Waals surface area (Å²) in [5.41, 5.74) is 16.1. The van der Waals surface area contributed by atoms with E-state index in [1.807, 2.05) is 30.5 Å². The van der Waals surface area contributed by atoms with E-state index in [2.05, 4.69) is 20.2 Å². The zero-order chi connectivity index (χ0) is 20.4. The van der Waals surface area contributed by atoms with Crippen molar-refractivity contribution in [1.29, 1.82) is 0 Å². The maximum absolute atomic E-state index is 13.0. The van der Waals surface area contributed by atoms with Crippen LogP contribution < -0.4 is 21.7 Å². The summed E-state index contributed by atoms with van der Waals surface area (Å²) < 4.78 is 0. The third-order valence-corrected chi connectivity index (χ3v) is 6.12. The molecule has 1 fully saturated rings. The minimum absolute atomic E-state index is 0.128. The Balaban J connectivity index is 1.61. The molecule has 0 unspecified atom stereocenters. The number of piperidine rings is 1. The van der Waals surface area contributed by atoms with Gasteiger partial charge in [0.2, 0.25) is 0 Å². The van der Waals surface area contributed by atoms with Crippen LogP contribution in [-0.2, 0) is 0 Å². The molecule has 3 aromatic rings. The molecule has 3 aromatic heterocycles. The van der Waals surface area contributed by atoms with Gasteiger partial charge in [-0.2, -0.15) is 0 Å². The van der Waals surface area contributed by atoms with E-state index in [4.69, 9.17) is 11.5 Å². The quantitative estimate of drug-likeness (QED) is 0.611. The molecule has 0 radical (unpaired) electrons. The lowest BCUT2D eigenvalue weighted by Gasteiger charge is -2.33. The molecule has 0 saturated carbocycles. The summed E-state index contributed by atoms with van der Waals surface area (Å²) in [4.78, 5) is 25.0. The zero-order valence-corrected chi connectivity index (χ0v) is 17.1. The lowest BCUT2D eigenvalue weighted by atomic mass is 10.1. The predicted octanol–water partition coefficient (Wildman–Crippen LogP) is 3.28. The van der Waals surface area contributed by atoms with Crippen LogP contribution in [0.4, 0.5) is 17.1 Å². The van der Waals surface area contributed by atoms with Crippen LogP contribution in [0, 0.1) is 6.92 Å². The minimum atomic E-state index is -0.353. The van der Waals surface area contributed by atoms with Gasteiger partial charge in [0.15, 0.2) is 5.69 Å². The average Bonchev–Trinajstić information content (AvgIpc) is 3.14. The van der Waals surface area contributed by atoms with Gasteiger partial charge < -0.3 is 21.7 Å². The lowest BCUT2D eigenvalue weighted by Crippen LogP contribution is -2.43. The Morgan fingerprint density at radius 3 is 2.93 bits per heavy atom. The number of anilines is 3. The normalized spacial score (nSPS) is 16.6. The van der Waals surface area contributed by atoms with Gasteiger partial charge in [-0.25, -0.2) is 4.98 Å². The first-order valence-electron chi connectivity index (χ1n) is 9.60. The van der Waals surface area contributed by atoms with E-state index in [0.29, 0.717) is 11.4 Å². The summed E-state index contributed by atoms with van der Waals surface area (Å²) in [6.07, 6.45) is 5.40. The first-order chi connectivity index (χ1) is 14.0. The number of nitrogen functional groups attached to an aromatic ring is 1. The molecule has 29 heavy (non-hydrogen) atoms. The van der Waals surface area contributed by atoms with E-state index in [0.717, 1.165) is 47.8 Å². The Morgan fingerprint density at radius 2 is 2.17 bits per heavy atom. The summed E-state index contributed by atoms with van der Waals surface area (Å²) >= 11 is 1.59. The van der Waals surface area contributed by atoms with Crippen molar-refractivity contribution in [2.75, 3.05) is 29.0 Å². The molecule has 0 aliphatic carbocycles. The van der Waals surface area contributed by atoms with Crippen molar-refractivity contribution in [3.63, 3.8) is 0 Å². The predicted molar refractivity (Wildman–Crippen MR) is 118 cm³/mol. The molecule has 1 aliphatic rings. The van der Waals surface area contributed by atoms with E-state index >= 15 is 0 Å². The molecule has 5 N–H and O–H groups in total. The molecule has 1 saturated heterocycles. The highest BCUT2D eigenvalue weighted by Crippen LogP contribution is 2.30. The topological polar surface area (TPSA) is 110 Å². The first kappa shape index (κ1) is 19.4. The fraction of sp³-hybridized carbons (Fsp3) is 0.286. The average molecular weight is 409 g/mol. The Hall–Kier alpha value is -2.97. The maximum Gasteiger partial charge on any atom is 0.276 e. The van der Waals surface area contributed by atoms with E-state index in [-0.39, 0.29) is 17.6 Å². The second-order valence-electron chi connectivity index (χ2n) is 7.26. The summed E-state index contributed by atoms with van der Waals surface area (Å²) in [6, 6.07) is 7.63. The lowest BCUT2D eigenvalue weighted by molar-refractivity contribution is 0.102. The Bertz CT molecular complexity index is 1030. The largest absolute Gasteiger partial charge is 0.397 e. The number of carbonyl (C=O) groups is 1. The number of amides is 1. The second kappa shape index (κ2) is 8.18. The van der Waals surface area contributed by atoms with Crippen molar-refractivity contribution >= 4 is 34.3 Å². The van der Waals surface area contributed by atoms with Crippen molar-refractivity contribution < 1.29 is 4.79 Å². The van der Waals surface area contributed by atoms with Crippen molar-refractivity contribution in [2.24, 2.45) is 5.73 Å².